The van der Waals surface area contributed by atoms with Crippen molar-refractivity contribution in [2.75, 3.05) is 20.2 Å². The fraction of sp³-hybridized carbons (Fsp3) is 0.267. The highest BCUT2D eigenvalue weighted by molar-refractivity contribution is 6.42. The monoisotopic (exact) mass is 369 g/mol. The SMILES string of the molecule is COC(=O)C1=C2C(=O)NCCN2C(=O)NC1c1ccc(Cl)c(Cl)c1. The molecule has 2 N–H and O–H groups in total. The Hall–Kier alpha value is -2.25. The van der Waals surface area contributed by atoms with Crippen molar-refractivity contribution in [1.29, 1.82) is 0 Å². The fourth-order valence-electron chi connectivity index (χ4n) is 2.75. The molecule has 0 bridgehead atoms. The van der Waals surface area contributed by atoms with E-state index >= 15 is 0 Å². The molecule has 1 aromatic carbocycles. The topological polar surface area (TPSA) is 87.7 Å². The maximum atomic E-state index is 12.4. The Bertz CT molecular complexity index is 778. The number of halogens is 2. The van der Waals surface area contributed by atoms with Crippen molar-refractivity contribution in [3.8, 4) is 0 Å². The molecule has 126 valence electrons. The number of carbonyl (C=O) groups excluding carboxylic acids is 3. The van der Waals surface area contributed by atoms with Gasteiger partial charge in [-0.25, -0.2) is 9.59 Å². The lowest BCUT2D eigenvalue weighted by Crippen LogP contribution is -2.57. The second kappa shape index (κ2) is 6.33. The zero-order valence-corrected chi connectivity index (χ0v) is 14.1. The van der Waals surface area contributed by atoms with Gasteiger partial charge in [-0.15, -0.1) is 0 Å². The van der Waals surface area contributed by atoms with Crippen LogP contribution in [0.4, 0.5) is 4.79 Å². The van der Waals surface area contributed by atoms with Crippen LogP contribution in [0.15, 0.2) is 29.5 Å². The van der Waals surface area contributed by atoms with Crippen LogP contribution in [-0.4, -0.2) is 43.0 Å². The molecule has 0 saturated carbocycles. The van der Waals surface area contributed by atoms with E-state index < -0.39 is 23.9 Å². The first-order valence-corrected chi connectivity index (χ1v) is 7.83. The van der Waals surface area contributed by atoms with Gasteiger partial charge in [0.1, 0.15) is 5.70 Å². The summed E-state index contributed by atoms with van der Waals surface area (Å²) in [4.78, 5) is 38.2. The number of piperazine rings is 1. The molecule has 1 saturated heterocycles. The van der Waals surface area contributed by atoms with Gasteiger partial charge in [-0.1, -0.05) is 29.3 Å². The Morgan fingerprint density at radius 3 is 2.71 bits per heavy atom. The van der Waals surface area contributed by atoms with Crippen LogP contribution in [0.5, 0.6) is 0 Å². The second-order valence-corrected chi connectivity index (χ2v) is 6.03. The minimum Gasteiger partial charge on any atom is -0.466 e. The van der Waals surface area contributed by atoms with Crippen LogP contribution in [0.25, 0.3) is 0 Å². The summed E-state index contributed by atoms with van der Waals surface area (Å²) >= 11 is 11.9. The van der Waals surface area contributed by atoms with Crippen LogP contribution < -0.4 is 10.6 Å². The molecule has 0 aromatic heterocycles. The van der Waals surface area contributed by atoms with Crippen molar-refractivity contribution < 1.29 is 19.1 Å². The van der Waals surface area contributed by atoms with Crippen molar-refractivity contribution in [3.05, 3.63) is 45.1 Å². The van der Waals surface area contributed by atoms with E-state index in [2.05, 4.69) is 10.6 Å². The third-order valence-corrected chi connectivity index (χ3v) is 4.58. The lowest BCUT2D eigenvalue weighted by atomic mass is 9.93. The summed E-state index contributed by atoms with van der Waals surface area (Å²) in [5, 5.41) is 5.95. The van der Waals surface area contributed by atoms with Crippen LogP contribution >= 0.6 is 23.2 Å². The number of nitrogens with one attached hydrogen (secondary N) is 2. The first-order chi connectivity index (χ1) is 11.4. The number of carbonyl (C=O) groups is 3. The van der Waals surface area contributed by atoms with Crippen LogP contribution in [0.3, 0.4) is 0 Å². The predicted octanol–water partition coefficient (Wildman–Crippen LogP) is 1.62. The lowest BCUT2D eigenvalue weighted by Gasteiger charge is -2.38. The summed E-state index contributed by atoms with van der Waals surface area (Å²) in [5.74, 6) is -1.20. The molecule has 0 radical (unpaired) electrons. The average Bonchev–Trinajstić information content (AvgIpc) is 2.57. The number of amides is 3. The Kier molecular flexibility index (Phi) is 4.38. The van der Waals surface area contributed by atoms with Gasteiger partial charge >= 0.3 is 12.0 Å². The number of hydrogen-bond donors (Lipinski definition) is 2. The number of fused-ring (bicyclic) bond motifs is 1. The Labute approximate surface area is 147 Å². The second-order valence-electron chi connectivity index (χ2n) is 5.22. The number of benzene rings is 1. The summed E-state index contributed by atoms with van der Waals surface area (Å²) in [6, 6.07) is 3.38. The molecular formula is C15H13Cl2N3O4. The molecular weight excluding hydrogens is 357 g/mol. The highest BCUT2D eigenvalue weighted by Crippen LogP contribution is 2.34. The van der Waals surface area contributed by atoms with Gasteiger partial charge in [-0.05, 0) is 17.7 Å². The molecule has 1 unspecified atom stereocenters. The van der Waals surface area contributed by atoms with Crippen LogP contribution in [0, 0.1) is 0 Å². The zero-order chi connectivity index (χ0) is 17.4. The molecule has 2 aliphatic rings. The normalized spacial score (nSPS) is 20.3. The van der Waals surface area contributed by atoms with E-state index in [9.17, 15) is 14.4 Å². The van der Waals surface area contributed by atoms with E-state index in [0.717, 1.165) is 0 Å². The Morgan fingerprint density at radius 1 is 1.29 bits per heavy atom. The molecule has 24 heavy (non-hydrogen) atoms. The highest BCUT2D eigenvalue weighted by atomic mass is 35.5. The van der Waals surface area contributed by atoms with E-state index in [1.807, 2.05) is 0 Å². The molecule has 1 aromatic rings. The molecule has 0 aliphatic carbocycles. The van der Waals surface area contributed by atoms with Gasteiger partial charge in [0.2, 0.25) is 0 Å². The molecule has 1 atom stereocenters. The van der Waals surface area contributed by atoms with Gasteiger partial charge in [0, 0.05) is 13.1 Å². The molecule has 2 heterocycles. The quantitative estimate of drug-likeness (QED) is 0.775. The standard InChI is InChI=1S/C15H13Cl2N3O4/c1-24-14(22)10-11(7-2-3-8(16)9(17)6-7)19-15(23)20-5-4-18-13(21)12(10)20/h2-3,6,11H,4-5H2,1H3,(H,18,21)(H,19,23). The molecule has 3 rings (SSSR count). The largest absolute Gasteiger partial charge is 0.466 e. The summed E-state index contributed by atoms with van der Waals surface area (Å²) in [6.45, 7) is 0.573. The molecule has 9 heteroatoms. The molecule has 3 amide bonds. The van der Waals surface area contributed by atoms with Gasteiger partial charge in [-0.2, -0.15) is 0 Å². The maximum Gasteiger partial charge on any atom is 0.338 e. The van der Waals surface area contributed by atoms with Gasteiger partial charge < -0.3 is 15.4 Å². The summed E-state index contributed by atoms with van der Waals surface area (Å²) in [7, 11) is 1.21. The van der Waals surface area contributed by atoms with Gasteiger partial charge in [0.25, 0.3) is 5.91 Å². The van der Waals surface area contributed by atoms with Crippen LogP contribution in [0.2, 0.25) is 10.0 Å². The number of nitrogens with zero attached hydrogens (tertiary/aromatic N) is 1. The highest BCUT2D eigenvalue weighted by Gasteiger charge is 2.42. The van der Waals surface area contributed by atoms with Crippen LogP contribution in [0.1, 0.15) is 11.6 Å². The first-order valence-electron chi connectivity index (χ1n) is 7.07. The van der Waals surface area contributed by atoms with E-state index in [0.29, 0.717) is 17.1 Å². The number of ether oxygens (including phenoxy) is 1. The van der Waals surface area contributed by atoms with Crippen molar-refractivity contribution in [2.45, 2.75) is 6.04 Å². The first kappa shape index (κ1) is 16.6. The molecule has 2 aliphatic heterocycles. The van der Waals surface area contributed by atoms with E-state index in [1.54, 1.807) is 12.1 Å². The predicted molar refractivity (Wildman–Crippen MR) is 86.5 cm³/mol. The third kappa shape index (κ3) is 2.70. The summed E-state index contributed by atoms with van der Waals surface area (Å²) in [5.41, 5.74) is 0.560. The Morgan fingerprint density at radius 2 is 2.04 bits per heavy atom. The lowest BCUT2D eigenvalue weighted by molar-refractivity contribution is -0.137. The average molecular weight is 370 g/mol. The maximum absolute atomic E-state index is 12.4. The smallest absolute Gasteiger partial charge is 0.338 e. The zero-order valence-electron chi connectivity index (χ0n) is 12.6. The molecule has 0 spiro atoms. The number of rotatable bonds is 2. The third-order valence-electron chi connectivity index (χ3n) is 3.85. The Balaban J connectivity index is 2.18. The van der Waals surface area contributed by atoms with Crippen molar-refractivity contribution in [3.63, 3.8) is 0 Å². The number of hydrogen-bond acceptors (Lipinski definition) is 4. The minimum atomic E-state index is -0.866. The van der Waals surface area contributed by atoms with Gasteiger partial charge in [0.15, 0.2) is 0 Å². The summed E-state index contributed by atoms with van der Waals surface area (Å²) in [6.07, 6.45) is 0. The fourth-order valence-corrected chi connectivity index (χ4v) is 3.05. The van der Waals surface area contributed by atoms with Crippen molar-refractivity contribution in [1.82, 2.24) is 15.5 Å². The number of urea groups is 1. The minimum absolute atomic E-state index is 0.00655. The molecule has 7 nitrogen and oxygen atoms in total. The summed E-state index contributed by atoms with van der Waals surface area (Å²) < 4.78 is 4.81. The van der Waals surface area contributed by atoms with Gasteiger partial charge in [0.05, 0.1) is 28.8 Å². The van der Waals surface area contributed by atoms with E-state index in [1.165, 1.54) is 18.1 Å². The molecule has 1 fully saturated rings. The van der Waals surface area contributed by atoms with Crippen molar-refractivity contribution >= 4 is 41.1 Å². The van der Waals surface area contributed by atoms with E-state index in [4.69, 9.17) is 27.9 Å². The van der Waals surface area contributed by atoms with E-state index in [-0.39, 0.29) is 22.8 Å². The number of esters is 1. The van der Waals surface area contributed by atoms with Crippen LogP contribution in [-0.2, 0) is 14.3 Å². The van der Waals surface area contributed by atoms with Gasteiger partial charge in [-0.3, -0.25) is 9.69 Å². The number of methoxy groups -OCH3 is 1. The van der Waals surface area contributed by atoms with Crippen molar-refractivity contribution in [2.24, 2.45) is 0 Å².